The zero-order valence-corrected chi connectivity index (χ0v) is 19.0. The molecule has 1 saturated heterocycles. The van der Waals surface area contributed by atoms with Gasteiger partial charge in [-0.05, 0) is 42.1 Å². The molecule has 6 nitrogen and oxygen atoms in total. The van der Waals surface area contributed by atoms with Crippen LogP contribution in [0.15, 0.2) is 73.1 Å². The topological polar surface area (TPSA) is 80.7 Å². The van der Waals surface area contributed by atoms with Crippen LogP contribution < -0.4 is 10.1 Å². The number of nitrogens with zero attached hydrogens (tertiary/aromatic N) is 1. The van der Waals surface area contributed by atoms with Crippen molar-refractivity contribution in [1.82, 2.24) is 10.3 Å². The maximum absolute atomic E-state index is 10.6. The zero-order chi connectivity index (χ0) is 25.1. The Bertz CT molecular complexity index is 1060. The second kappa shape index (κ2) is 12.9. The number of aromatic nitrogens is 1. The highest BCUT2D eigenvalue weighted by Gasteiger charge is 2.38. The van der Waals surface area contributed by atoms with Crippen molar-refractivity contribution in [1.29, 1.82) is 0 Å². The average Bonchev–Trinajstić information content (AvgIpc) is 2.82. The number of nitrogens with one attached hydrogen (secondary N) is 1. The van der Waals surface area contributed by atoms with Gasteiger partial charge in [0.15, 0.2) is 0 Å². The number of hydrogen-bond acceptors (Lipinski definition) is 5. The minimum Gasteiger partial charge on any atom is -0.490 e. The summed E-state index contributed by atoms with van der Waals surface area (Å²) in [6.07, 6.45) is 0.666. The molecule has 3 aromatic rings. The SMILES string of the molecule is O=C(O)C(F)(F)F.c1ccc(COCCc2ccc(-c3cncc(OC[C@@H]4CCN4)c3)cc2)cc1. The number of halogens is 3. The van der Waals surface area contributed by atoms with Crippen LogP contribution in [0.1, 0.15) is 17.5 Å². The van der Waals surface area contributed by atoms with Gasteiger partial charge >= 0.3 is 12.1 Å². The molecule has 0 radical (unpaired) electrons. The lowest BCUT2D eigenvalue weighted by Gasteiger charge is -2.27. The fraction of sp³-hybridized carbons (Fsp3) is 0.308. The third-order valence-electron chi connectivity index (χ3n) is 5.27. The summed E-state index contributed by atoms with van der Waals surface area (Å²) in [4.78, 5) is 13.2. The molecule has 0 spiro atoms. The molecular weight excluding hydrogens is 461 g/mol. The standard InChI is InChI=1S/C24H26N2O2.C2HF3O2/c1-2-4-20(5-3-1)17-27-13-11-19-6-8-21(9-7-19)22-14-24(16-25-15-22)28-18-23-10-12-26-23;3-2(4,5)1(6)7/h1-9,14-16,23,26H,10-13,17-18H2;(H,6,7)/t23-;/m0./s1. The van der Waals surface area contributed by atoms with E-state index in [1.165, 1.54) is 17.5 Å². The van der Waals surface area contributed by atoms with Crippen molar-refractivity contribution in [3.63, 3.8) is 0 Å². The molecule has 2 N–H and O–H groups in total. The predicted molar refractivity (Wildman–Crippen MR) is 125 cm³/mol. The van der Waals surface area contributed by atoms with Gasteiger partial charge in [-0.2, -0.15) is 13.2 Å². The molecule has 1 aromatic heterocycles. The fourth-order valence-electron chi connectivity index (χ4n) is 3.16. The molecule has 0 aliphatic carbocycles. The number of alkyl halides is 3. The second-order valence-corrected chi connectivity index (χ2v) is 7.95. The van der Waals surface area contributed by atoms with E-state index in [0.29, 0.717) is 25.9 Å². The third-order valence-corrected chi connectivity index (χ3v) is 5.27. The molecule has 4 rings (SSSR count). The summed E-state index contributed by atoms with van der Waals surface area (Å²) in [7, 11) is 0. The molecule has 9 heteroatoms. The Morgan fingerprint density at radius 3 is 2.31 bits per heavy atom. The van der Waals surface area contributed by atoms with E-state index in [1.54, 1.807) is 6.20 Å². The van der Waals surface area contributed by atoms with E-state index in [0.717, 1.165) is 29.8 Å². The molecule has 1 aliphatic heterocycles. The Labute approximate surface area is 201 Å². The lowest BCUT2D eigenvalue weighted by atomic mass is 10.0. The van der Waals surface area contributed by atoms with Gasteiger partial charge in [-0.25, -0.2) is 4.79 Å². The number of benzene rings is 2. The van der Waals surface area contributed by atoms with E-state index in [-0.39, 0.29) is 0 Å². The van der Waals surface area contributed by atoms with Gasteiger partial charge in [0.25, 0.3) is 0 Å². The zero-order valence-electron chi connectivity index (χ0n) is 19.0. The van der Waals surface area contributed by atoms with Crippen molar-refractivity contribution in [2.24, 2.45) is 0 Å². The summed E-state index contributed by atoms with van der Waals surface area (Å²) in [6, 6.07) is 21.4. The van der Waals surface area contributed by atoms with Crippen molar-refractivity contribution in [2.75, 3.05) is 19.8 Å². The lowest BCUT2D eigenvalue weighted by Crippen LogP contribution is -2.46. The van der Waals surface area contributed by atoms with Gasteiger partial charge in [-0.3, -0.25) is 4.98 Å². The van der Waals surface area contributed by atoms with E-state index in [1.807, 2.05) is 24.4 Å². The molecule has 2 aromatic carbocycles. The average molecular weight is 489 g/mol. The Hall–Kier alpha value is -3.43. The third kappa shape index (κ3) is 9.03. The number of ether oxygens (including phenoxy) is 2. The van der Waals surface area contributed by atoms with E-state index in [4.69, 9.17) is 19.4 Å². The maximum Gasteiger partial charge on any atom is 0.490 e. The van der Waals surface area contributed by atoms with Gasteiger partial charge in [0.05, 0.1) is 19.4 Å². The van der Waals surface area contributed by atoms with Gasteiger partial charge in [0, 0.05) is 17.8 Å². The highest BCUT2D eigenvalue weighted by atomic mass is 19.4. The monoisotopic (exact) mass is 488 g/mol. The number of carbonyl (C=O) groups is 1. The largest absolute Gasteiger partial charge is 0.490 e. The Morgan fingerprint density at radius 2 is 1.71 bits per heavy atom. The summed E-state index contributed by atoms with van der Waals surface area (Å²) in [6.45, 7) is 3.17. The summed E-state index contributed by atoms with van der Waals surface area (Å²) < 4.78 is 43.4. The van der Waals surface area contributed by atoms with Crippen molar-refractivity contribution >= 4 is 5.97 Å². The molecule has 0 unspecified atom stereocenters. The van der Waals surface area contributed by atoms with Crippen LogP contribution >= 0.6 is 0 Å². The van der Waals surface area contributed by atoms with Crippen LogP contribution in [-0.4, -0.2) is 48.0 Å². The van der Waals surface area contributed by atoms with Crippen molar-refractivity contribution in [2.45, 2.75) is 31.7 Å². The molecular formula is C26H27F3N2O4. The van der Waals surface area contributed by atoms with Crippen molar-refractivity contribution in [3.05, 3.63) is 84.2 Å². The lowest BCUT2D eigenvalue weighted by molar-refractivity contribution is -0.192. The molecule has 0 saturated carbocycles. The molecule has 0 amide bonds. The number of aliphatic carboxylic acids is 1. The smallest absolute Gasteiger partial charge is 0.490 e. The number of hydrogen-bond donors (Lipinski definition) is 2. The first-order valence-corrected chi connectivity index (χ1v) is 11.1. The second-order valence-electron chi connectivity index (χ2n) is 7.95. The highest BCUT2D eigenvalue weighted by molar-refractivity contribution is 5.73. The van der Waals surface area contributed by atoms with Gasteiger partial charge in [-0.1, -0.05) is 54.6 Å². The van der Waals surface area contributed by atoms with Crippen molar-refractivity contribution < 1.29 is 32.5 Å². The van der Waals surface area contributed by atoms with Crippen LogP contribution in [0.2, 0.25) is 0 Å². The quantitative estimate of drug-likeness (QED) is 0.418. The van der Waals surface area contributed by atoms with Crippen LogP contribution in [0.4, 0.5) is 13.2 Å². The van der Waals surface area contributed by atoms with Crippen LogP contribution in [0.25, 0.3) is 11.1 Å². The molecule has 1 aliphatic rings. The van der Waals surface area contributed by atoms with E-state index in [2.05, 4.69) is 52.8 Å². The van der Waals surface area contributed by atoms with Crippen molar-refractivity contribution in [3.8, 4) is 16.9 Å². The number of rotatable bonds is 9. The molecule has 0 bridgehead atoms. The van der Waals surface area contributed by atoms with E-state index in [9.17, 15) is 13.2 Å². The Balaban J connectivity index is 0.000000429. The van der Waals surface area contributed by atoms with Gasteiger partial charge in [0.2, 0.25) is 0 Å². The van der Waals surface area contributed by atoms with Crippen LogP contribution in [0.5, 0.6) is 5.75 Å². The first kappa shape index (κ1) is 26.2. The summed E-state index contributed by atoms with van der Waals surface area (Å²) in [5.41, 5.74) is 4.70. The Kier molecular flexibility index (Phi) is 9.63. The van der Waals surface area contributed by atoms with Crippen LogP contribution in [0.3, 0.4) is 0 Å². The number of pyridine rings is 1. The molecule has 35 heavy (non-hydrogen) atoms. The van der Waals surface area contributed by atoms with Gasteiger partial charge < -0.3 is 19.9 Å². The normalized spacial score (nSPS) is 14.9. The fourth-order valence-corrected chi connectivity index (χ4v) is 3.16. The minimum absolute atomic E-state index is 0.479. The predicted octanol–water partition coefficient (Wildman–Crippen LogP) is 4.88. The van der Waals surface area contributed by atoms with Crippen LogP contribution in [-0.2, 0) is 22.6 Å². The molecule has 186 valence electrons. The molecule has 1 fully saturated rings. The number of carboxylic acids is 1. The maximum atomic E-state index is 10.6. The first-order chi connectivity index (χ1) is 16.8. The highest BCUT2D eigenvalue weighted by Crippen LogP contribution is 2.23. The molecule has 2 heterocycles. The van der Waals surface area contributed by atoms with Crippen LogP contribution in [0, 0.1) is 0 Å². The van der Waals surface area contributed by atoms with E-state index < -0.39 is 12.1 Å². The summed E-state index contributed by atoms with van der Waals surface area (Å²) in [5.74, 6) is -1.93. The number of carboxylic acid groups (broad SMARTS) is 1. The molecule has 1 atom stereocenters. The van der Waals surface area contributed by atoms with E-state index >= 15 is 0 Å². The van der Waals surface area contributed by atoms with Gasteiger partial charge in [-0.15, -0.1) is 0 Å². The minimum atomic E-state index is -5.08. The Morgan fingerprint density at radius 1 is 1.03 bits per heavy atom. The first-order valence-electron chi connectivity index (χ1n) is 11.1. The summed E-state index contributed by atoms with van der Waals surface area (Å²) >= 11 is 0. The summed E-state index contributed by atoms with van der Waals surface area (Å²) in [5, 5.41) is 10.5. The van der Waals surface area contributed by atoms with Gasteiger partial charge in [0.1, 0.15) is 12.4 Å².